The van der Waals surface area contributed by atoms with Gasteiger partial charge in [-0.25, -0.2) is 13.2 Å². The molecule has 88 valence electrons. The van der Waals surface area contributed by atoms with Crippen molar-refractivity contribution in [1.29, 1.82) is 0 Å². The summed E-state index contributed by atoms with van der Waals surface area (Å²) in [5.41, 5.74) is 0.141. The molecule has 0 saturated heterocycles. The van der Waals surface area contributed by atoms with E-state index in [0.717, 1.165) is 6.07 Å². The lowest BCUT2D eigenvalue weighted by atomic mass is 10.1. The highest BCUT2D eigenvalue weighted by Gasteiger charge is 2.14. The molecule has 6 heteroatoms. The first-order valence-electron chi connectivity index (χ1n) is 4.61. The van der Waals surface area contributed by atoms with E-state index in [-0.39, 0.29) is 28.4 Å². The van der Waals surface area contributed by atoms with E-state index in [0.29, 0.717) is 0 Å². The number of phenolic OH excluding ortho intramolecular Hbond substituents is 1. The Morgan fingerprint density at radius 3 is 2.44 bits per heavy atom. The number of carboxylic acid groups (broad SMARTS) is 1. The van der Waals surface area contributed by atoms with E-state index in [2.05, 4.69) is 0 Å². The van der Waals surface area contributed by atoms with Crippen molar-refractivity contribution < 1.29 is 23.4 Å². The van der Waals surface area contributed by atoms with E-state index in [1.165, 1.54) is 19.1 Å². The Labute approximate surface area is 93.3 Å². The number of benzene rings is 1. The summed E-state index contributed by atoms with van der Waals surface area (Å²) < 4.78 is 22.6. The zero-order valence-corrected chi connectivity index (χ0v) is 9.49. The molecule has 0 aliphatic carbocycles. The third-order valence-electron chi connectivity index (χ3n) is 2.15. The van der Waals surface area contributed by atoms with Crippen molar-refractivity contribution in [2.45, 2.75) is 12.7 Å². The number of aromatic hydroxyl groups is 1. The molecule has 16 heavy (non-hydrogen) atoms. The Kier molecular flexibility index (Phi) is 3.54. The van der Waals surface area contributed by atoms with Crippen LogP contribution in [-0.4, -0.2) is 30.4 Å². The molecule has 0 spiro atoms. The molecule has 2 N–H and O–H groups in total. The van der Waals surface area contributed by atoms with Crippen LogP contribution in [0.1, 0.15) is 22.8 Å². The number of rotatable bonds is 4. The average Bonchev–Trinajstić information content (AvgIpc) is 2.20. The van der Waals surface area contributed by atoms with Crippen molar-refractivity contribution >= 4 is 15.8 Å². The lowest BCUT2D eigenvalue weighted by molar-refractivity contribution is 0.0696. The van der Waals surface area contributed by atoms with Gasteiger partial charge in [0, 0.05) is 11.3 Å². The number of hydrogen-bond acceptors (Lipinski definition) is 4. The third-order valence-corrected chi connectivity index (χ3v) is 3.78. The van der Waals surface area contributed by atoms with E-state index in [1.807, 2.05) is 0 Å². The Hall–Kier alpha value is -1.56. The first kappa shape index (κ1) is 12.5. The quantitative estimate of drug-likeness (QED) is 0.825. The smallest absolute Gasteiger partial charge is 0.335 e. The Morgan fingerprint density at radius 2 is 2.00 bits per heavy atom. The van der Waals surface area contributed by atoms with Gasteiger partial charge >= 0.3 is 5.97 Å². The molecule has 0 aliphatic heterocycles. The van der Waals surface area contributed by atoms with Crippen LogP contribution in [0.15, 0.2) is 18.2 Å². The van der Waals surface area contributed by atoms with Crippen LogP contribution in [0.5, 0.6) is 5.75 Å². The van der Waals surface area contributed by atoms with Crippen molar-refractivity contribution in [2.24, 2.45) is 0 Å². The number of hydrogen-bond donors (Lipinski definition) is 2. The second kappa shape index (κ2) is 4.52. The Morgan fingerprint density at radius 1 is 1.38 bits per heavy atom. The van der Waals surface area contributed by atoms with Crippen molar-refractivity contribution in [1.82, 2.24) is 0 Å². The molecule has 0 heterocycles. The van der Waals surface area contributed by atoms with Gasteiger partial charge in [-0.05, 0) is 12.1 Å². The van der Waals surface area contributed by atoms with Crippen LogP contribution in [0.4, 0.5) is 0 Å². The fourth-order valence-corrected chi connectivity index (χ4v) is 2.08. The van der Waals surface area contributed by atoms with Gasteiger partial charge in [-0.2, -0.15) is 0 Å². The highest BCUT2D eigenvalue weighted by Crippen LogP contribution is 2.21. The van der Waals surface area contributed by atoms with Gasteiger partial charge in [0.1, 0.15) is 5.75 Å². The zero-order valence-electron chi connectivity index (χ0n) is 8.67. The van der Waals surface area contributed by atoms with Gasteiger partial charge in [-0.15, -0.1) is 0 Å². The summed E-state index contributed by atoms with van der Waals surface area (Å²) in [6, 6.07) is 3.62. The summed E-state index contributed by atoms with van der Waals surface area (Å²) in [5.74, 6) is -1.78. The monoisotopic (exact) mass is 244 g/mol. The first-order valence-corrected chi connectivity index (χ1v) is 6.43. The van der Waals surface area contributed by atoms with Gasteiger partial charge in [0.2, 0.25) is 0 Å². The lowest BCUT2D eigenvalue weighted by Crippen LogP contribution is -2.07. The average molecular weight is 244 g/mol. The molecule has 0 aliphatic rings. The van der Waals surface area contributed by atoms with Gasteiger partial charge in [0.15, 0.2) is 9.84 Å². The molecule has 0 bridgehead atoms. The molecule has 0 saturated carbocycles. The van der Waals surface area contributed by atoms with E-state index in [9.17, 15) is 18.3 Å². The zero-order chi connectivity index (χ0) is 12.3. The molecule has 0 unspecified atom stereocenters. The SMILES string of the molecule is CCS(=O)(=O)Cc1ccc(C(=O)O)cc1O. The minimum atomic E-state index is -3.24. The van der Waals surface area contributed by atoms with Crippen molar-refractivity contribution in [3.63, 3.8) is 0 Å². The second-order valence-corrected chi connectivity index (χ2v) is 5.68. The number of phenols is 1. The van der Waals surface area contributed by atoms with Gasteiger partial charge in [0.05, 0.1) is 11.3 Å². The van der Waals surface area contributed by atoms with Crippen LogP contribution in [0.2, 0.25) is 0 Å². The van der Waals surface area contributed by atoms with Crippen LogP contribution in [-0.2, 0) is 15.6 Å². The molecule has 5 nitrogen and oxygen atoms in total. The topological polar surface area (TPSA) is 91.7 Å². The molecular formula is C10H12O5S. The van der Waals surface area contributed by atoms with Gasteiger partial charge < -0.3 is 10.2 Å². The summed E-state index contributed by atoms with van der Waals surface area (Å²) in [4.78, 5) is 10.6. The lowest BCUT2D eigenvalue weighted by Gasteiger charge is -2.05. The number of carbonyl (C=O) groups is 1. The fraction of sp³-hybridized carbons (Fsp3) is 0.300. The summed E-state index contributed by atoms with van der Waals surface area (Å²) in [7, 11) is -3.24. The Balaban J connectivity index is 3.05. The maximum atomic E-state index is 11.3. The highest BCUT2D eigenvalue weighted by molar-refractivity contribution is 7.90. The molecule has 1 rings (SSSR count). The van der Waals surface area contributed by atoms with Gasteiger partial charge in [-0.1, -0.05) is 13.0 Å². The molecule has 0 radical (unpaired) electrons. The maximum Gasteiger partial charge on any atom is 0.335 e. The van der Waals surface area contributed by atoms with E-state index < -0.39 is 15.8 Å². The minimum Gasteiger partial charge on any atom is -0.508 e. The van der Waals surface area contributed by atoms with Crippen molar-refractivity contribution in [3.05, 3.63) is 29.3 Å². The largest absolute Gasteiger partial charge is 0.508 e. The van der Waals surface area contributed by atoms with Crippen LogP contribution >= 0.6 is 0 Å². The predicted molar refractivity (Wildman–Crippen MR) is 58.2 cm³/mol. The van der Waals surface area contributed by atoms with Crippen molar-refractivity contribution in [2.75, 3.05) is 5.75 Å². The minimum absolute atomic E-state index is 0.0207. The first-order chi connectivity index (χ1) is 7.35. The Bertz CT molecular complexity index is 504. The molecule has 0 aromatic heterocycles. The van der Waals surface area contributed by atoms with Crippen LogP contribution in [0.25, 0.3) is 0 Å². The standard InChI is InChI=1S/C10H12O5S/c1-2-16(14,15)6-8-4-3-7(10(12)13)5-9(8)11/h3-5,11H,2,6H2,1H3,(H,12,13). The van der Waals surface area contributed by atoms with E-state index in [1.54, 1.807) is 0 Å². The highest BCUT2D eigenvalue weighted by atomic mass is 32.2. The number of aromatic carboxylic acids is 1. The molecule has 0 atom stereocenters. The second-order valence-electron chi connectivity index (χ2n) is 3.33. The summed E-state index contributed by atoms with van der Waals surface area (Å²) in [6.07, 6.45) is 0. The van der Waals surface area contributed by atoms with Gasteiger partial charge in [-0.3, -0.25) is 0 Å². The maximum absolute atomic E-state index is 11.3. The number of carboxylic acids is 1. The van der Waals surface area contributed by atoms with Gasteiger partial charge in [0.25, 0.3) is 0 Å². The summed E-state index contributed by atoms with van der Waals surface area (Å²) in [6.45, 7) is 1.51. The summed E-state index contributed by atoms with van der Waals surface area (Å²) in [5, 5.41) is 18.1. The van der Waals surface area contributed by atoms with E-state index in [4.69, 9.17) is 5.11 Å². The third kappa shape index (κ3) is 2.96. The van der Waals surface area contributed by atoms with Crippen molar-refractivity contribution in [3.8, 4) is 5.75 Å². The van der Waals surface area contributed by atoms with Crippen LogP contribution < -0.4 is 0 Å². The molecule has 0 fully saturated rings. The fourth-order valence-electron chi connectivity index (χ4n) is 1.16. The van der Waals surface area contributed by atoms with Crippen LogP contribution in [0.3, 0.4) is 0 Å². The summed E-state index contributed by atoms with van der Waals surface area (Å²) >= 11 is 0. The molecular weight excluding hydrogens is 232 g/mol. The predicted octanol–water partition coefficient (Wildman–Crippen LogP) is 1.03. The molecule has 1 aromatic rings. The molecule has 0 amide bonds. The van der Waals surface area contributed by atoms with E-state index >= 15 is 0 Å². The van der Waals surface area contributed by atoms with Crippen LogP contribution in [0, 0.1) is 0 Å². The normalized spacial score (nSPS) is 11.3. The number of sulfone groups is 1. The molecule has 1 aromatic carbocycles.